The molecule has 1 heterocycles. The molecule has 0 radical (unpaired) electrons. The van der Waals surface area contributed by atoms with Gasteiger partial charge >= 0.3 is 12.4 Å². The zero-order valence-corrected chi connectivity index (χ0v) is 17.7. The molecule has 32 heavy (non-hydrogen) atoms. The quantitative estimate of drug-likeness (QED) is 0.517. The highest BCUT2D eigenvalue weighted by atomic mass is 35.5. The van der Waals surface area contributed by atoms with Gasteiger partial charge in [-0.1, -0.05) is 17.2 Å². The number of nitrogens with one attached hydrogen (secondary N) is 1. The molecule has 1 fully saturated rings. The number of alkyl halides is 6. The summed E-state index contributed by atoms with van der Waals surface area (Å²) in [6, 6.07) is 3.55. The van der Waals surface area contributed by atoms with Gasteiger partial charge in [-0.15, -0.1) is 0 Å². The summed E-state index contributed by atoms with van der Waals surface area (Å²) in [5.74, 6) is -0.622. The lowest BCUT2D eigenvalue weighted by atomic mass is 9.86. The molecule has 4 nitrogen and oxygen atoms in total. The summed E-state index contributed by atoms with van der Waals surface area (Å²) in [6.07, 6.45) is -5.03. The maximum absolute atomic E-state index is 12.9. The highest BCUT2D eigenvalue weighted by Crippen LogP contribution is 2.33. The molecule has 1 amide bonds. The summed E-state index contributed by atoms with van der Waals surface area (Å²) in [7, 11) is 0. The second-order valence-electron chi connectivity index (χ2n) is 7.76. The van der Waals surface area contributed by atoms with E-state index in [0.29, 0.717) is 44.0 Å². The van der Waals surface area contributed by atoms with E-state index in [2.05, 4.69) is 10.4 Å². The standard InChI is InChI=1S/C21H20ClF6N3O/c1-12-8-18(21(26,27)28)30-31(12)11-14-4-2-13(3-5-14)10-29-19(32)16-9-15(20(23,24)25)6-7-17(16)22/h6-10,14H,2-5,11H2,1H3,(H,29,32). The van der Waals surface area contributed by atoms with Crippen LogP contribution in [0, 0.1) is 12.8 Å². The Morgan fingerprint density at radius 2 is 1.81 bits per heavy atom. The molecule has 1 saturated carbocycles. The molecule has 0 bridgehead atoms. The smallest absolute Gasteiger partial charge is 0.329 e. The number of carbonyl (C=O) groups is 1. The molecular weight excluding hydrogens is 460 g/mol. The third-order valence-corrected chi connectivity index (χ3v) is 5.73. The van der Waals surface area contributed by atoms with Crippen molar-refractivity contribution in [3.63, 3.8) is 0 Å². The molecule has 0 unspecified atom stereocenters. The van der Waals surface area contributed by atoms with Gasteiger partial charge in [0.2, 0.25) is 0 Å². The largest absolute Gasteiger partial charge is 0.435 e. The summed E-state index contributed by atoms with van der Waals surface area (Å²) >= 11 is 5.87. The van der Waals surface area contributed by atoms with Crippen LogP contribution in [0.3, 0.4) is 0 Å². The van der Waals surface area contributed by atoms with Crippen LogP contribution < -0.4 is 5.32 Å². The molecule has 3 rings (SSSR count). The van der Waals surface area contributed by atoms with Gasteiger partial charge in [-0.2, -0.15) is 31.4 Å². The molecule has 1 aliphatic carbocycles. The van der Waals surface area contributed by atoms with Crippen LogP contribution in [0.25, 0.3) is 0 Å². The molecule has 1 aromatic heterocycles. The maximum Gasteiger partial charge on any atom is 0.435 e. The zero-order valence-electron chi connectivity index (χ0n) is 16.9. The van der Waals surface area contributed by atoms with Crippen LogP contribution in [0.1, 0.15) is 53.0 Å². The van der Waals surface area contributed by atoms with Crippen LogP contribution in [0.15, 0.2) is 36.0 Å². The number of amides is 1. The first-order valence-corrected chi connectivity index (χ1v) is 10.2. The zero-order chi connectivity index (χ0) is 23.7. The first-order valence-electron chi connectivity index (χ1n) is 9.82. The molecule has 1 aromatic carbocycles. The second-order valence-corrected chi connectivity index (χ2v) is 8.17. The summed E-state index contributed by atoms with van der Waals surface area (Å²) in [5.41, 5.74) is -0.832. The Kier molecular flexibility index (Phi) is 6.92. The van der Waals surface area contributed by atoms with Crippen molar-refractivity contribution < 1.29 is 31.1 Å². The fourth-order valence-electron chi connectivity index (χ4n) is 3.57. The van der Waals surface area contributed by atoms with Crippen LogP contribution in [-0.2, 0) is 18.9 Å². The number of hydrogen-bond donors (Lipinski definition) is 1. The number of allylic oxidation sites excluding steroid dienone is 1. The number of hydrogen-bond acceptors (Lipinski definition) is 2. The van der Waals surface area contributed by atoms with Gasteiger partial charge in [0.15, 0.2) is 5.69 Å². The Balaban J connectivity index is 1.57. The van der Waals surface area contributed by atoms with E-state index >= 15 is 0 Å². The van der Waals surface area contributed by atoms with Gasteiger partial charge in [0, 0.05) is 18.4 Å². The van der Waals surface area contributed by atoms with Crippen LogP contribution in [-0.4, -0.2) is 15.7 Å². The molecule has 1 N–H and O–H groups in total. The Bertz CT molecular complexity index is 1020. The van der Waals surface area contributed by atoms with Crippen molar-refractivity contribution in [3.05, 3.63) is 63.6 Å². The number of aryl methyl sites for hydroxylation is 1. The van der Waals surface area contributed by atoms with Gasteiger partial charge in [-0.25, -0.2) is 0 Å². The predicted molar refractivity (Wildman–Crippen MR) is 106 cm³/mol. The van der Waals surface area contributed by atoms with Crippen molar-refractivity contribution in [2.75, 3.05) is 0 Å². The highest BCUT2D eigenvalue weighted by Gasteiger charge is 2.35. The number of carbonyl (C=O) groups excluding carboxylic acids is 1. The van der Waals surface area contributed by atoms with Crippen LogP contribution >= 0.6 is 11.6 Å². The highest BCUT2D eigenvalue weighted by molar-refractivity contribution is 6.33. The minimum atomic E-state index is -4.59. The number of benzene rings is 1. The number of halogens is 7. The second kappa shape index (κ2) is 9.17. The van der Waals surface area contributed by atoms with E-state index in [1.165, 1.54) is 10.9 Å². The van der Waals surface area contributed by atoms with Crippen LogP contribution in [0.4, 0.5) is 26.3 Å². The molecule has 2 aromatic rings. The topological polar surface area (TPSA) is 46.9 Å². The minimum absolute atomic E-state index is 0.0922. The van der Waals surface area contributed by atoms with E-state index in [-0.39, 0.29) is 16.5 Å². The number of aromatic nitrogens is 2. The van der Waals surface area contributed by atoms with Crippen LogP contribution in [0.2, 0.25) is 5.02 Å². The average molecular weight is 480 g/mol. The van der Waals surface area contributed by atoms with Crippen molar-refractivity contribution >= 4 is 17.5 Å². The van der Waals surface area contributed by atoms with Gasteiger partial charge in [-0.05, 0) is 62.8 Å². The Labute approximate surface area is 185 Å². The van der Waals surface area contributed by atoms with E-state index in [1.54, 1.807) is 6.92 Å². The lowest BCUT2D eigenvalue weighted by Crippen LogP contribution is -2.21. The Hall–Kier alpha value is -2.49. The summed E-state index contributed by atoms with van der Waals surface area (Å²) in [4.78, 5) is 12.3. The Morgan fingerprint density at radius 3 is 2.38 bits per heavy atom. The normalized spacial score (nSPS) is 17.4. The van der Waals surface area contributed by atoms with E-state index in [9.17, 15) is 31.1 Å². The number of nitrogens with zero attached hydrogens (tertiary/aromatic N) is 2. The van der Waals surface area contributed by atoms with Gasteiger partial charge in [0.05, 0.1) is 16.1 Å². The van der Waals surface area contributed by atoms with Gasteiger partial charge in [0.1, 0.15) is 0 Å². The van der Waals surface area contributed by atoms with E-state index in [0.717, 1.165) is 23.8 Å². The molecular formula is C21H20ClF6N3O. The lowest BCUT2D eigenvalue weighted by Gasteiger charge is -2.24. The van der Waals surface area contributed by atoms with Crippen molar-refractivity contribution in [1.82, 2.24) is 15.1 Å². The van der Waals surface area contributed by atoms with Gasteiger partial charge < -0.3 is 5.32 Å². The summed E-state index contributed by atoms with van der Waals surface area (Å²) < 4.78 is 78.4. The van der Waals surface area contributed by atoms with Gasteiger partial charge in [-0.3, -0.25) is 9.48 Å². The fraction of sp³-hybridized carbons (Fsp3) is 0.429. The van der Waals surface area contributed by atoms with Crippen LogP contribution in [0.5, 0.6) is 0 Å². The Morgan fingerprint density at radius 1 is 1.16 bits per heavy atom. The summed E-state index contributed by atoms with van der Waals surface area (Å²) in [5, 5.41) is 6.04. The molecule has 0 atom stereocenters. The van der Waals surface area contributed by atoms with E-state index in [1.807, 2.05) is 0 Å². The molecule has 174 valence electrons. The molecule has 0 saturated heterocycles. The molecule has 0 spiro atoms. The van der Waals surface area contributed by atoms with Crippen molar-refractivity contribution in [3.8, 4) is 0 Å². The summed E-state index contributed by atoms with van der Waals surface area (Å²) in [6.45, 7) is 1.94. The monoisotopic (exact) mass is 479 g/mol. The molecule has 11 heteroatoms. The molecule has 1 aliphatic rings. The minimum Gasteiger partial charge on any atom is -0.329 e. The van der Waals surface area contributed by atoms with Gasteiger partial charge in [0.25, 0.3) is 5.91 Å². The first-order chi connectivity index (χ1) is 14.8. The third-order valence-electron chi connectivity index (χ3n) is 5.40. The predicted octanol–water partition coefficient (Wildman–Crippen LogP) is 6.39. The lowest BCUT2D eigenvalue weighted by molar-refractivity contribution is -0.141. The molecule has 0 aliphatic heterocycles. The van der Waals surface area contributed by atoms with Crippen molar-refractivity contribution in [2.24, 2.45) is 5.92 Å². The first kappa shape index (κ1) is 24.2. The van der Waals surface area contributed by atoms with E-state index < -0.39 is 29.5 Å². The van der Waals surface area contributed by atoms with Crippen molar-refractivity contribution in [2.45, 2.75) is 51.5 Å². The number of rotatable bonds is 4. The van der Waals surface area contributed by atoms with E-state index in [4.69, 9.17) is 11.6 Å². The third kappa shape index (κ3) is 5.85. The fourth-order valence-corrected chi connectivity index (χ4v) is 3.78. The van der Waals surface area contributed by atoms with Crippen molar-refractivity contribution in [1.29, 1.82) is 0 Å². The SMILES string of the molecule is Cc1cc(C(F)(F)F)nn1CC1CCC(=CNC(=O)c2cc(C(F)(F)F)ccc2Cl)CC1. The maximum atomic E-state index is 12.9. The average Bonchev–Trinajstić information content (AvgIpc) is 3.07.